The van der Waals surface area contributed by atoms with Crippen molar-refractivity contribution < 1.29 is 8.42 Å². The highest BCUT2D eigenvalue weighted by molar-refractivity contribution is 7.89. The van der Waals surface area contributed by atoms with Crippen LogP contribution in [0.25, 0.3) is 22.2 Å². The van der Waals surface area contributed by atoms with Crippen LogP contribution < -0.4 is 9.62 Å². The number of rotatable bonds is 5. The summed E-state index contributed by atoms with van der Waals surface area (Å²) in [6.45, 7) is 0. The minimum Gasteiger partial charge on any atom is -0.334 e. The lowest BCUT2D eigenvalue weighted by Gasteiger charge is -2.20. The molecule has 2 heterocycles. The minimum atomic E-state index is -3.73. The average molecular weight is 408 g/mol. The van der Waals surface area contributed by atoms with E-state index in [1.165, 1.54) is 13.2 Å². The normalized spacial score (nSPS) is 11.7. The predicted molar refractivity (Wildman–Crippen MR) is 112 cm³/mol. The molecule has 2 aromatic heterocycles. The number of anilines is 2. The van der Waals surface area contributed by atoms with Gasteiger partial charge in [-0.3, -0.25) is 0 Å². The van der Waals surface area contributed by atoms with E-state index in [2.05, 4.69) is 19.7 Å². The maximum atomic E-state index is 12.1. The van der Waals surface area contributed by atoms with Gasteiger partial charge in [0.1, 0.15) is 5.82 Å². The number of hydrogen-bond donors (Lipinski definition) is 1. The van der Waals surface area contributed by atoms with Gasteiger partial charge in [-0.25, -0.2) is 23.1 Å². The molecule has 4 rings (SSSR count). The summed E-state index contributed by atoms with van der Waals surface area (Å²) in [6, 6.07) is 15.7. The molecule has 0 saturated heterocycles. The summed E-state index contributed by atoms with van der Waals surface area (Å²) in [4.78, 5) is 14.5. The van der Waals surface area contributed by atoms with Gasteiger partial charge in [0.15, 0.2) is 0 Å². The summed E-state index contributed by atoms with van der Waals surface area (Å²) in [5.41, 5.74) is 4.75. The van der Waals surface area contributed by atoms with Crippen molar-refractivity contribution in [3.8, 4) is 11.1 Å². The van der Waals surface area contributed by atoms with Crippen LogP contribution in [-0.4, -0.2) is 42.0 Å². The van der Waals surface area contributed by atoms with Gasteiger partial charge in [-0.05, 0) is 30.8 Å². The highest BCUT2D eigenvalue weighted by atomic mass is 32.2. The van der Waals surface area contributed by atoms with Gasteiger partial charge in [0.05, 0.1) is 17.4 Å². The Labute approximate surface area is 168 Å². The fourth-order valence-corrected chi connectivity index (χ4v) is 3.71. The van der Waals surface area contributed by atoms with Crippen LogP contribution in [0.3, 0.4) is 0 Å². The third kappa shape index (κ3) is 3.45. The molecule has 2 aromatic carbocycles. The van der Waals surface area contributed by atoms with Crippen LogP contribution in [0.5, 0.6) is 0 Å². The summed E-state index contributed by atoms with van der Waals surface area (Å²) >= 11 is 0. The Morgan fingerprint density at radius 2 is 1.83 bits per heavy atom. The molecule has 0 fully saturated rings. The third-order valence-electron chi connectivity index (χ3n) is 4.76. The van der Waals surface area contributed by atoms with Gasteiger partial charge in [0.25, 0.3) is 15.2 Å². The quantitative estimate of drug-likeness (QED) is 0.511. The van der Waals surface area contributed by atoms with Crippen molar-refractivity contribution in [1.29, 1.82) is 0 Å². The van der Waals surface area contributed by atoms with E-state index >= 15 is 0 Å². The number of aromatic nitrogens is 4. The van der Waals surface area contributed by atoms with Crippen molar-refractivity contribution in [2.45, 2.75) is 5.16 Å². The fourth-order valence-electron chi connectivity index (χ4n) is 3.12. The lowest BCUT2D eigenvalue weighted by Crippen LogP contribution is -2.22. The lowest BCUT2D eigenvalue weighted by atomic mass is 10.0. The molecule has 8 nitrogen and oxygen atoms in total. The van der Waals surface area contributed by atoms with Gasteiger partial charge >= 0.3 is 0 Å². The Bertz CT molecular complexity index is 1290. The second kappa shape index (κ2) is 7.26. The van der Waals surface area contributed by atoms with Gasteiger partial charge in [-0.1, -0.05) is 30.3 Å². The van der Waals surface area contributed by atoms with E-state index in [0.717, 1.165) is 27.8 Å². The second-order valence-corrected chi connectivity index (χ2v) is 8.33. The molecule has 9 heteroatoms. The highest BCUT2D eigenvalue weighted by Gasteiger charge is 2.18. The van der Waals surface area contributed by atoms with Crippen molar-refractivity contribution in [3.63, 3.8) is 0 Å². The molecule has 0 aliphatic rings. The highest BCUT2D eigenvalue weighted by Crippen LogP contribution is 2.34. The van der Waals surface area contributed by atoms with Crippen molar-refractivity contribution in [2.24, 2.45) is 7.05 Å². The molecule has 4 aromatic rings. The van der Waals surface area contributed by atoms with Crippen LogP contribution in [0, 0.1) is 0 Å². The third-order valence-corrected chi connectivity index (χ3v) is 5.97. The number of hydrogen-bond acceptors (Lipinski definition) is 6. The number of fused-ring (bicyclic) bond motifs is 1. The molecule has 0 aliphatic carbocycles. The maximum absolute atomic E-state index is 12.1. The Morgan fingerprint density at radius 3 is 2.55 bits per heavy atom. The Morgan fingerprint density at radius 1 is 1.07 bits per heavy atom. The van der Waals surface area contributed by atoms with Crippen molar-refractivity contribution in [3.05, 3.63) is 61.1 Å². The molecular weight excluding hydrogens is 388 g/mol. The van der Waals surface area contributed by atoms with Gasteiger partial charge in [-0.2, -0.15) is 4.98 Å². The van der Waals surface area contributed by atoms with E-state index in [1.54, 1.807) is 12.4 Å². The van der Waals surface area contributed by atoms with Gasteiger partial charge in [0, 0.05) is 31.5 Å². The second-order valence-electron chi connectivity index (χ2n) is 6.55. The van der Waals surface area contributed by atoms with Gasteiger partial charge in [-0.15, -0.1) is 0 Å². The topological polar surface area (TPSA) is 93.0 Å². The molecule has 148 valence electrons. The number of nitrogens with zero attached hydrogens (tertiary/aromatic N) is 5. The van der Waals surface area contributed by atoms with E-state index in [-0.39, 0.29) is 5.16 Å². The van der Waals surface area contributed by atoms with Crippen LogP contribution in [0.1, 0.15) is 0 Å². The molecule has 1 N–H and O–H groups in total. The zero-order valence-corrected chi connectivity index (χ0v) is 17.1. The first-order valence-corrected chi connectivity index (χ1v) is 10.4. The molecule has 0 radical (unpaired) electrons. The average Bonchev–Trinajstić information content (AvgIpc) is 3.14. The summed E-state index contributed by atoms with van der Waals surface area (Å²) < 4.78 is 28.3. The number of sulfonamides is 1. The first-order valence-electron chi connectivity index (χ1n) is 8.91. The van der Waals surface area contributed by atoms with Gasteiger partial charge < -0.3 is 9.47 Å². The maximum Gasteiger partial charge on any atom is 0.276 e. The molecule has 0 unspecified atom stereocenters. The predicted octanol–water partition coefficient (Wildman–Crippen LogP) is 2.71. The molecule has 0 atom stereocenters. The van der Waals surface area contributed by atoms with Crippen molar-refractivity contribution in [1.82, 2.24) is 24.2 Å². The molecule has 0 aliphatic heterocycles. The Balaban J connectivity index is 1.86. The smallest absolute Gasteiger partial charge is 0.276 e. The van der Waals surface area contributed by atoms with Crippen molar-refractivity contribution in [2.75, 3.05) is 19.0 Å². The zero-order valence-electron chi connectivity index (χ0n) is 16.2. The summed E-state index contributed by atoms with van der Waals surface area (Å²) in [7, 11) is 1.38. The number of aryl methyl sites for hydroxylation is 1. The van der Waals surface area contributed by atoms with Crippen LogP contribution in [0.15, 0.2) is 66.2 Å². The molecule has 0 spiro atoms. The van der Waals surface area contributed by atoms with Crippen molar-refractivity contribution >= 4 is 32.6 Å². The van der Waals surface area contributed by atoms with Crippen LogP contribution >= 0.6 is 0 Å². The zero-order chi connectivity index (χ0) is 20.6. The number of benzene rings is 2. The largest absolute Gasteiger partial charge is 0.334 e. The van der Waals surface area contributed by atoms with Crippen LogP contribution in [0.4, 0.5) is 11.5 Å². The Hall–Kier alpha value is -3.30. The van der Waals surface area contributed by atoms with E-state index in [9.17, 15) is 8.42 Å². The first kappa shape index (κ1) is 19.0. The van der Waals surface area contributed by atoms with E-state index in [0.29, 0.717) is 5.82 Å². The number of nitrogens with one attached hydrogen (secondary N) is 1. The molecule has 0 bridgehead atoms. The first-order chi connectivity index (χ1) is 13.9. The summed E-state index contributed by atoms with van der Waals surface area (Å²) in [6.07, 6.45) is 3.22. The SMILES string of the molecule is CNS(=O)(=O)c1nccc(N(C)c2cc(-c3ccccc3)c3ncn(C)c3c2)n1. The van der Waals surface area contributed by atoms with Crippen LogP contribution in [0.2, 0.25) is 0 Å². The summed E-state index contributed by atoms with van der Waals surface area (Å²) in [5, 5.41) is -0.269. The lowest BCUT2D eigenvalue weighted by molar-refractivity contribution is 0.578. The van der Waals surface area contributed by atoms with Gasteiger partial charge in [0.2, 0.25) is 0 Å². The van der Waals surface area contributed by atoms with E-state index < -0.39 is 10.0 Å². The molecular formula is C20H20N6O2S. The molecule has 0 saturated carbocycles. The molecule has 0 amide bonds. The number of imidazole rings is 1. The molecule has 29 heavy (non-hydrogen) atoms. The summed E-state index contributed by atoms with van der Waals surface area (Å²) in [5.74, 6) is 0.467. The van der Waals surface area contributed by atoms with E-state index in [1.807, 2.05) is 66.0 Å². The van der Waals surface area contributed by atoms with Crippen LogP contribution in [-0.2, 0) is 17.1 Å². The van der Waals surface area contributed by atoms with E-state index in [4.69, 9.17) is 0 Å². The monoisotopic (exact) mass is 408 g/mol. The Kier molecular flexibility index (Phi) is 4.77. The fraction of sp³-hybridized carbons (Fsp3) is 0.150. The minimum absolute atomic E-state index is 0.269. The standard InChI is InChI=1S/C20H20N6O2S/c1-21-29(27,28)20-22-10-9-18(24-20)26(3)15-11-16(14-7-5-4-6-8-14)19-17(12-15)25(2)13-23-19/h4-13,21H,1-3H3.